The van der Waals surface area contributed by atoms with Gasteiger partial charge >= 0.3 is 0 Å². The summed E-state index contributed by atoms with van der Waals surface area (Å²) in [6.07, 6.45) is 1.91. The van der Waals surface area contributed by atoms with Crippen LogP contribution in [0.5, 0.6) is 0 Å². The van der Waals surface area contributed by atoms with Crippen molar-refractivity contribution in [2.45, 2.75) is 65.7 Å². The van der Waals surface area contributed by atoms with Gasteiger partial charge in [-0.1, -0.05) is 97.0 Å². The second-order valence-corrected chi connectivity index (χ2v) is 14.0. The summed E-state index contributed by atoms with van der Waals surface area (Å²) < 4.78 is 15.5. The Bertz CT molecular complexity index is 2400. The molecule has 0 aliphatic rings. The topological polar surface area (TPSA) is 44.1 Å². The molecule has 3 aromatic heterocycles. The Morgan fingerprint density at radius 3 is 1.89 bits per heavy atom. The Kier molecular flexibility index (Phi) is 6.05. The third-order valence-corrected chi connectivity index (χ3v) is 9.37. The molecule has 45 heavy (non-hydrogen) atoms. The lowest BCUT2D eigenvalue weighted by molar-refractivity contribution is 0.558. The van der Waals surface area contributed by atoms with E-state index in [4.69, 9.17) is 13.8 Å². The van der Waals surface area contributed by atoms with Gasteiger partial charge in [-0.2, -0.15) is 0 Å². The number of para-hydroxylation sites is 4. The van der Waals surface area contributed by atoms with Crippen molar-refractivity contribution in [3.05, 3.63) is 108 Å². The van der Waals surface area contributed by atoms with Crippen LogP contribution < -0.4 is 0 Å². The summed E-state index contributed by atoms with van der Waals surface area (Å²) in [5.41, 5.74) is 10.7. The number of rotatable bonds is 4. The number of benzene rings is 5. The van der Waals surface area contributed by atoms with E-state index in [2.05, 4.69) is 138 Å². The number of hydrogen-bond donors (Lipinski definition) is 0. The van der Waals surface area contributed by atoms with E-state index in [0.29, 0.717) is 11.8 Å². The summed E-state index contributed by atoms with van der Waals surface area (Å²) in [6, 6.07) is 30.4. The average Bonchev–Trinajstić information content (AvgIpc) is 3.73. The Morgan fingerprint density at radius 2 is 1.22 bits per heavy atom. The van der Waals surface area contributed by atoms with Gasteiger partial charge in [0.15, 0.2) is 0 Å². The number of nitrogens with zero attached hydrogens (tertiary/aromatic N) is 2. The maximum Gasteiger partial charge on any atom is 0.149 e. The first kappa shape index (κ1) is 27.7. The monoisotopic (exact) mass is 590 g/mol. The zero-order chi connectivity index (χ0) is 31.2. The van der Waals surface area contributed by atoms with Gasteiger partial charge in [0, 0.05) is 32.5 Å². The highest BCUT2D eigenvalue weighted by atomic mass is 16.3. The Balaban J connectivity index is 1.45. The lowest BCUT2D eigenvalue weighted by Gasteiger charge is -2.22. The Hall–Kier alpha value is -4.83. The number of fused-ring (bicyclic) bond motifs is 8. The Morgan fingerprint density at radius 1 is 0.622 bits per heavy atom. The molecule has 0 amide bonds. The van der Waals surface area contributed by atoms with Gasteiger partial charge in [-0.15, -0.1) is 0 Å². The van der Waals surface area contributed by atoms with Gasteiger partial charge in [0.1, 0.15) is 22.6 Å². The van der Waals surface area contributed by atoms with Gasteiger partial charge in [-0.3, -0.25) is 4.57 Å². The SMILES string of the molecule is CC(C)c1cccc(C(C)C)c1-n1c(-c2cccc3c2oc2c3ccc3c2ccc2c(C(C)(C)C)coc23)nc2ccccc21. The fraction of sp³-hybridized carbons (Fsp3) is 0.244. The van der Waals surface area contributed by atoms with Crippen LogP contribution in [0, 0.1) is 0 Å². The first-order chi connectivity index (χ1) is 21.6. The standard InChI is InChI=1S/C41H38N2O2/c1-23(2)25-12-10-13-26(24(3)4)36(25)43-35-17-9-8-16-34(35)42-40(43)32-15-11-14-27-29-19-18-28-30(38(29)45-39(27)32)20-21-31-33(41(5,6)7)22-44-37(28)31/h8-24H,1-7H3. The van der Waals surface area contributed by atoms with E-state index in [-0.39, 0.29) is 5.41 Å². The van der Waals surface area contributed by atoms with Gasteiger partial charge in [0.2, 0.25) is 0 Å². The van der Waals surface area contributed by atoms with Crippen LogP contribution in [0.25, 0.3) is 71.8 Å². The zero-order valence-corrected chi connectivity index (χ0v) is 27.0. The highest BCUT2D eigenvalue weighted by Gasteiger charge is 2.25. The van der Waals surface area contributed by atoms with E-state index >= 15 is 0 Å². The first-order valence-electron chi connectivity index (χ1n) is 16.0. The molecule has 8 rings (SSSR count). The molecule has 0 atom stereocenters. The summed E-state index contributed by atoms with van der Waals surface area (Å²) in [6.45, 7) is 15.8. The van der Waals surface area contributed by atoms with Crippen molar-refractivity contribution in [2.24, 2.45) is 0 Å². The predicted molar refractivity (Wildman–Crippen MR) is 188 cm³/mol. The van der Waals surface area contributed by atoms with E-state index < -0.39 is 0 Å². The molecule has 0 unspecified atom stereocenters. The normalized spacial score (nSPS) is 12.7. The number of furan rings is 2. The molecule has 0 spiro atoms. The maximum absolute atomic E-state index is 6.92. The predicted octanol–water partition coefficient (Wildman–Crippen LogP) is 12.0. The summed E-state index contributed by atoms with van der Waals surface area (Å²) in [5, 5.41) is 5.45. The molecule has 8 aromatic rings. The minimum atomic E-state index is -0.00757. The molecular formula is C41H38N2O2. The molecule has 0 aliphatic carbocycles. The van der Waals surface area contributed by atoms with Crippen LogP contribution in [0.1, 0.15) is 77.0 Å². The second-order valence-electron chi connectivity index (χ2n) is 14.0. The molecule has 224 valence electrons. The van der Waals surface area contributed by atoms with Gasteiger partial charge in [0.05, 0.1) is 28.5 Å². The fourth-order valence-corrected chi connectivity index (χ4v) is 7.11. The fourth-order valence-electron chi connectivity index (χ4n) is 7.11. The van der Waals surface area contributed by atoms with Crippen LogP contribution in [0.2, 0.25) is 0 Å². The van der Waals surface area contributed by atoms with Crippen molar-refractivity contribution in [2.75, 3.05) is 0 Å². The van der Waals surface area contributed by atoms with Gasteiger partial charge in [-0.25, -0.2) is 4.98 Å². The number of imidazole rings is 1. The van der Waals surface area contributed by atoms with E-state index in [0.717, 1.165) is 66.1 Å². The van der Waals surface area contributed by atoms with Crippen LogP contribution in [0.3, 0.4) is 0 Å². The third-order valence-electron chi connectivity index (χ3n) is 9.37. The molecule has 5 aromatic carbocycles. The molecule has 0 fully saturated rings. The van der Waals surface area contributed by atoms with E-state index in [1.165, 1.54) is 22.4 Å². The van der Waals surface area contributed by atoms with Gasteiger partial charge < -0.3 is 8.83 Å². The summed E-state index contributed by atoms with van der Waals surface area (Å²) >= 11 is 0. The van der Waals surface area contributed by atoms with Crippen LogP contribution in [-0.4, -0.2) is 9.55 Å². The number of aromatic nitrogens is 2. The highest BCUT2D eigenvalue weighted by Crippen LogP contribution is 2.44. The van der Waals surface area contributed by atoms with Crippen LogP contribution >= 0.6 is 0 Å². The van der Waals surface area contributed by atoms with Crippen LogP contribution in [0.4, 0.5) is 0 Å². The molecule has 0 saturated heterocycles. The smallest absolute Gasteiger partial charge is 0.149 e. The molecule has 4 nitrogen and oxygen atoms in total. The average molecular weight is 591 g/mol. The van der Waals surface area contributed by atoms with Gasteiger partial charge in [0.25, 0.3) is 0 Å². The molecule has 0 bridgehead atoms. The molecule has 3 heterocycles. The summed E-state index contributed by atoms with van der Waals surface area (Å²) in [4.78, 5) is 5.30. The third kappa shape index (κ3) is 4.08. The lowest BCUT2D eigenvalue weighted by atomic mass is 9.86. The molecule has 0 aliphatic heterocycles. The second kappa shape index (κ2) is 9.84. The van der Waals surface area contributed by atoms with Crippen LogP contribution in [0.15, 0.2) is 100 Å². The van der Waals surface area contributed by atoms with E-state index in [9.17, 15) is 0 Å². The number of hydrogen-bond acceptors (Lipinski definition) is 3. The molecule has 0 radical (unpaired) electrons. The largest absolute Gasteiger partial charge is 0.463 e. The van der Waals surface area contributed by atoms with Gasteiger partial charge in [-0.05, 0) is 64.8 Å². The summed E-state index contributed by atoms with van der Waals surface area (Å²) in [5.74, 6) is 1.58. The van der Waals surface area contributed by atoms with Crippen molar-refractivity contribution in [1.29, 1.82) is 0 Å². The molecule has 4 heteroatoms. The summed E-state index contributed by atoms with van der Waals surface area (Å²) in [7, 11) is 0. The van der Waals surface area contributed by atoms with E-state index in [1.54, 1.807) is 0 Å². The molecule has 0 saturated carbocycles. The van der Waals surface area contributed by atoms with E-state index in [1.807, 2.05) is 6.26 Å². The quantitative estimate of drug-likeness (QED) is 0.205. The zero-order valence-electron chi connectivity index (χ0n) is 27.0. The van der Waals surface area contributed by atoms with Crippen LogP contribution in [-0.2, 0) is 5.41 Å². The van der Waals surface area contributed by atoms with Crippen molar-refractivity contribution in [1.82, 2.24) is 9.55 Å². The van der Waals surface area contributed by atoms with Crippen molar-refractivity contribution >= 4 is 54.7 Å². The highest BCUT2D eigenvalue weighted by molar-refractivity contribution is 6.21. The minimum absolute atomic E-state index is 0.00757. The maximum atomic E-state index is 6.92. The Labute approximate surface area is 263 Å². The van der Waals surface area contributed by atoms with Crippen molar-refractivity contribution < 1.29 is 8.83 Å². The molecule has 0 N–H and O–H groups in total. The molecular weight excluding hydrogens is 552 g/mol. The minimum Gasteiger partial charge on any atom is -0.463 e. The lowest BCUT2D eigenvalue weighted by Crippen LogP contribution is -2.09. The van der Waals surface area contributed by atoms with Crippen molar-refractivity contribution in [3.8, 4) is 17.1 Å². The van der Waals surface area contributed by atoms with Crippen molar-refractivity contribution in [3.63, 3.8) is 0 Å². The first-order valence-corrected chi connectivity index (χ1v) is 16.0.